The first-order valence-corrected chi connectivity index (χ1v) is 11.7. The highest BCUT2D eigenvalue weighted by molar-refractivity contribution is 6.13. The molecule has 0 bridgehead atoms. The summed E-state index contributed by atoms with van der Waals surface area (Å²) in [6, 6.07) is 3.66. The van der Waals surface area contributed by atoms with Crippen LogP contribution in [0.4, 0.5) is 0 Å². The molecule has 0 amide bonds. The Kier molecular flexibility index (Phi) is 6.27. The summed E-state index contributed by atoms with van der Waals surface area (Å²) in [6.07, 6.45) is 5.00. The molecule has 4 rings (SSSR count). The minimum Gasteiger partial charge on any atom is -0.506 e. The highest BCUT2D eigenvalue weighted by Crippen LogP contribution is 2.59. The van der Waals surface area contributed by atoms with Gasteiger partial charge in [-0.25, -0.2) is 9.59 Å². The molecule has 184 valence electrons. The average molecular weight is 471 g/mol. The molecular weight excluding hydrogens is 436 g/mol. The van der Waals surface area contributed by atoms with Gasteiger partial charge >= 0.3 is 11.9 Å². The Bertz CT molecular complexity index is 1150. The van der Waals surface area contributed by atoms with Crippen molar-refractivity contribution in [2.24, 2.45) is 11.3 Å². The minimum absolute atomic E-state index is 0.0186. The van der Waals surface area contributed by atoms with Crippen LogP contribution in [0.2, 0.25) is 0 Å². The third-order valence-electron chi connectivity index (χ3n) is 8.31. The van der Waals surface area contributed by atoms with E-state index < -0.39 is 11.9 Å². The standard InChI is InChI=1S/C27H34O7/c1-26(14-31-3)10-7-11-27(2)18-13-19(32-4)21-16(15(18)8-9-20(26)27)12-17(24(29)33-5)22(23(21)28)25(30)34-6/h12-13,20,28H,7-11,14H2,1-6H3/t20-,26+,27+/m0/s1. The number of carbonyl (C=O) groups is 2. The number of benzene rings is 2. The van der Waals surface area contributed by atoms with Gasteiger partial charge in [0.25, 0.3) is 0 Å². The van der Waals surface area contributed by atoms with Crippen LogP contribution in [0.1, 0.15) is 71.4 Å². The third kappa shape index (κ3) is 3.44. The molecule has 7 nitrogen and oxygen atoms in total. The van der Waals surface area contributed by atoms with Gasteiger partial charge in [0.05, 0.1) is 38.9 Å². The first-order valence-electron chi connectivity index (χ1n) is 11.7. The Hall–Kier alpha value is -2.80. The fourth-order valence-electron chi connectivity index (χ4n) is 6.87. The van der Waals surface area contributed by atoms with E-state index in [1.54, 1.807) is 20.3 Å². The molecule has 0 heterocycles. The second-order valence-electron chi connectivity index (χ2n) is 10.1. The molecule has 2 aromatic rings. The lowest BCUT2D eigenvalue weighted by Gasteiger charge is -2.55. The van der Waals surface area contributed by atoms with Crippen LogP contribution in [-0.2, 0) is 26.0 Å². The number of fused-ring (bicyclic) bond motifs is 5. The van der Waals surface area contributed by atoms with E-state index in [2.05, 4.69) is 13.8 Å². The zero-order valence-corrected chi connectivity index (χ0v) is 20.9. The highest BCUT2D eigenvalue weighted by Gasteiger charge is 2.52. The molecule has 2 aliphatic carbocycles. The van der Waals surface area contributed by atoms with Crippen LogP contribution in [0.15, 0.2) is 12.1 Å². The highest BCUT2D eigenvalue weighted by atomic mass is 16.5. The Labute approximate surface area is 200 Å². The molecule has 1 N–H and O–H groups in total. The zero-order chi connectivity index (χ0) is 24.8. The van der Waals surface area contributed by atoms with Crippen LogP contribution in [0.25, 0.3) is 10.8 Å². The quantitative estimate of drug-likeness (QED) is 0.629. The van der Waals surface area contributed by atoms with Crippen molar-refractivity contribution in [2.45, 2.75) is 51.4 Å². The lowest BCUT2D eigenvalue weighted by Crippen LogP contribution is -2.50. The molecule has 0 saturated heterocycles. The summed E-state index contributed by atoms with van der Waals surface area (Å²) in [5.41, 5.74) is 1.97. The van der Waals surface area contributed by atoms with Crippen LogP contribution in [-0.4, -0.2) is 52.1 Å². The van der Waals surface area contributed by atoms with Gasteiger partial charge in [0.2, 0.25) is 0 Å². The molecule has 1 fully saturated rings. The van der Waals surface area contributed by atoms with E-state index in [1.165, 1.54) is 19.8 Å². The van der Waals surface area contributed by atoms with Gasteiger partial charge in [-0.05, 0) is 71.1 Å². The van der Waals surface area contributed by atoms with Gasteiger partial charge in [-0.15, -0.1) is 0 Å². The number of ether oxygens (including phenoxy) is 4. The molecule has 3 atom stereocenters. The molecule has 0 radical (unpaired) electrons. The monoisotopic (exact) mass is 470 g/mol. The van der Waals surface area contributed by atoms with Crippen molar-refractivity contribution in [3.05, 3.63) is 34.4 Å². The number of aryl methyl sites for hydroxylation is 1. The maximum atomic E-state index is 12.6. The number of methoxy groups -OCH3 is 4. The van der Waals surface area contributed by atoms with E-state index in [0.717, 1.165) is 37.7 Å². The SMILES string of the molecule is COC[C@@]1(C)CCC[C@]2(C)c3cc(OC)c4c(O)c(C(=O)OC)c(C(=O)OC)cc4c3CC[C@@H]12. The van der Waals surface area contributed by atoms with E-state index in [4.69, 9.17) is 18.9 Å². The average Bonchev–Trinajstić information content (AvgIpc) is 2.82. The summed E-state index contributed by atoms with van der Waals surface area (Å²) in [4.78, 5) is 25.2. The van der Waals surface area contributed by atoms with Crippen molar-refractivity contribution >= 4 is 22.7 Å². The number of hydrogen-bond acceptors (Lipinski definition) is 7. The maximum Gasteiger partial charge on any atom is 0.342 e. The van der Waals surface area contributed by atoms with Crippen molar-refractivity contribution in [1.29, 1.82) is 0 Å². The van der Waals surface area contributed by atoms with Crippen LogP contribution < -0.4 is 4.74 Å². The van der Waals surface area contributed by atoms with Gasteiger partial charge in [-0.3, -0.25) is 0 Å². The Balaban J connectivity index is 2.05. The van der Waals surface area contributed by atoms with E-state index >= 15 is 0 Å². The van der Waals surface area contributed by atoms with Gasteiger partial charge in [0, 0.05) is 7.11 Å². The second kappa shape index (κ2) is 8.77. The maximum absolute atomic E-state index is 12.6. The summed E-state index contributed by atoms with van der Waals surface area (Å²) in [5, 5.41) is 12.4. The number of esters is 2. The predicted molar refractivity (Wildman–Crippen MR) is 128 cm³/mol. The summed E-state index contributed by atoms with van der Waals surface area (Å²) >= 11 is 0. The summed E-state index contributed by atoms with van der Waals surface area (Å²) in [5.74, 6) is -0.960. The van der Waals surface area contributed by atoms with Gasteiger partial charge in [-0.1, -0.05) is 20.3 Å². The molecular formula is C27H34O7. The fraction of sp³-hybridized carbons (Fsp3) is 0.556. The van der Waals surface area contributed by atoms with Gasteiger partial charge < -0.3 is 24.1 Å². The molecule has 1 saturated carbocycles. The van der Waals surface area contributed by atoms with Crippen molar-refractivity contribution in [3.8, 4) is 11.5 Å². The van der Waals surface area contributed by atoms with Gasteiger partial charge in [0.1, 0.15) is 17.1 Å². The molecule has 0 spiro atoms. The van der Waals surface area contributed by atoms with Crippen molar-refractivity contribution in [2.75, 3.05) is 35.0 Å². The summed E-state index contributed by atoms with van der Waals surface area (Å²) in [7, 11) is 5.76. The minimum atomic E-state index is -0.811. The van der Waals surface area contributed by atoms with E-state index in [9.17, 15) is 14.7 Å². The molecule has 34 heavy (non-hydrogen) atoms. The lowest BCUT2D eigenvalue weighted by atomic mass is 9.50. The second-order valence-corrected chi connectivity index (χ2v) is 10.1. The Morgan fingerprint density at radius 1 is 1.06 bits per heavy atom. The molecule has 0 aliphatic heterocycles. The number of hydrogen-bond donors (Lipinski definition) is 1. The van der Waals surface area contributed by atoms with Gasteiger partial charge in [-0.2, -0.15) is 0 Å². The number of phenolic OH excluding ortho intramolecular Hbond substituents is 1. The van der Waals surface area contributed by atoms with Gasteiger partial charge in [0.15, 0.2) is 0 Å². The van der Waals surface area contributed by atoms with Crippen LogP contribution >= 0.6 is 0 Å². The van der Waals surface area contributed by atoms with E-state index in [0.29, 0.717) is 29.0 Å². The fourth-order valence-corrected chi connectivity index (χ4v) is 6.87. The van der Waals surface area contributed by atoms with Crippen molar-refractivity contribution < 1.29 is 33.6 Å². The molecule has 2 aromatic carbocycles. The molecule has 0 aromatic heterocycles. The normalized spacial score (nSPS) is 25.9. The molecule has 2 aliphatic rings. The molecule has 0 unspecified atom stereocenters. The smallest absolute Gasteiger partial charge is 0.342 e. The summed E-state index contributed by atoms with van der Waals surface area (Å²) < 4.78 is 21.2. The van der Waals surface area contributed by atoms with Crippen LogP contribution in [0, 0.1) is 11.3 Å². The third-order valence-corrected chi connectivity index (χ3v) is 8.31. The Morgan fingerprint density at radius 3 is 2.38 bits per heavy atom. The first kappa shape index (κ1) is 24.3. The Morgan fingerprint density at radius 2 is 1.76 bits per heavy atom. The predicted octanol–water partition coefficient (Wildman–Crippen LogP) is 4.78. The number of rotatable bonds is 5. The largest absolute Gasteiger partial charge is 0.506 e. The van der Waals surface area contributed by atoms with Crippen molar-refractivity contribution in [3.63, 3.8) is 0 Å². The van der Waals surface area contributed by atoms with Crippen LogP contribution in [0.5, 0.6) is 11.5 Å². The number of carbonyl (C=O) groups excluding carboxylic acids is 2. The lowest BCUT2D eigenvalue weighted by molar-refractivity contribution is -0.0323. The number of aromatic hydroxyl groups is 1. The van der Waals surface area contributed by atoms with Crippen LogP contribution in [0.3, 0.4) is 0 Å². The van der Waals surface area contributed by atoms with E-state index in [-0.39, 0.29) is 27.7 Å². The summed E-state index contributed by atoms with van der Waals surface area (Å²) in [6.45, 7) is 5.35. The zero-order valence-electron chi connectivity index (χ0n) is 20.9. The number of phenols is 1. The topological polar surface area (TPSA) is 91.3 Å². The van der Waals surface area contributed by atoms with E-state index in [1.807, 2.05) is 6.07 Å². The van der Waals surface area contributed by atoms with Crippen molar-refractivity contribution in [1.82, 2.24) is 0 Å². The first-order chi connectivity index (χ1) is 16.2. The molecule has 7 heteroatoms.